The van der Waals surface area contributed by atoms with E-state index in [2.05, 4.69) is 24.6 Å². The lowest BCUT2D eigenvalue weighted by Gasteiger charge is -2.24. The lowest BCUT2D eigenvalue weighted by atomic mass is 10.1. The molecule has 0 aromatic carbocycles. The molecule has 1 atom stereocenters. The summed E-state index contributed by atoms with van der Waals surface area (Å²) in [6.07, 6.45) is 7.91. The molecule has 14 heavy (non-hydrogen) atoms. The summed E-state index contributed by atoms with van der Waals surface area (Å²) in [4.78, 5) is 0. The molecule has 0 aromatic heterocycles. The van der Waals surface area contributed by atoms with E-state index in [9.17, 15) is 0 Å². The summed E-state index contributed by atoms with van der Waals surface area (Å²) in [6, 6.07) is 0.422. The van der Waals surface area contributed by atoms with Crippen LogP contribution in [0.1, 0.15) is 26.2 Å². The predicted octanol–water partition coefficient (Wildman–Crippen LogP) is 2.41. The number of hydrogen-bond donors (Lipinski definition) is 1. The van der Waals surface area contributed by atoms with Crippen LogP contribution < -0.4 is 5.32 Å². The summed E-state index contributed by atoms with van der Waals surface area (Å²) in [5.41, 5.74) is 0. The van der Waals surface area contributed by atoms with Crippen LogP contribution in [-0.4, -0.2) is 31.2 Å². The third-order valence-corrected chi connectivity index (χ3v) is 2.95. The Morgan fingerprint density at radius 2 is 2.50 bits per heavy atom. The first-order chi connectivity index (χ1) is 6.88. The van der Waals surface area contributed by atoms with Crippen molar-refractivity contribution in [3.8, 4) is 0 Å². The van der Waals surface area contributed by atoms with E-state index in [0.717, 1.165) is 18.9 Å². The van der Waals surface area contributed by atoms with Crippen molar-refractivity contribution in [2.75, 3.05) is 25.2 Å². The molecule has 0 aromatic rings. The van der Waals surface area contributed by atoms with E-state index in [1.807, 2.05) is 11.8 Å². The third kappa shape index (κ3) is 3.93. The van der Waals surface area contributed by atoms with Crippen LogP contribution in [0.25, 0.3) is 0 Å². The molecule has 1 aliphatic heterocycles. The summed E-state index contributed by atoms with van der Waals surface area (Å²) in [5, 5.41) is 3.53. The Labute approximate surface area is 91.5 Å². The van der Waals surface area contributed by atoms with E-state index in [0.29, 0.717) is 6.04 Å². The molecular weight excluding hydrogens is 194 g/mol. The zero-order valence-electron chi connectivity index (χ0n) is 9.21. The number of allylic oxidation sites excluding steroid dienone is 1. The molecule has 3 heteroatoms. The van der Waals surface area contributed by atoms with Crippen LogP contribution in [0.3, 0.4) is 0 Å². The van der Waals surface area contributed by atoms with Gasteiger partial charge in [0.1, 0.15) is 5.76 Å². The maximum atomic E-state index is 5.67. The molecular formula is C11H21NOS. The molecule has 0 fully saturated rings. The number of hydrogen-bond acceptors (Lipinski definition) is 3. The van der Waals surface area contributed by atoms with E-state index in [1.54, 1.807) is 0 Å². The van der Waals surface area contributed by atoms with Gasteiger partial charge in [-0.3, -0.25) is 0 Å². The first-order valence-corrected chi connectivity index (χ1v) is 6.83. The molecule has 1 rings (SSSR count). The second-order valence-corrected chi connectivity index (χ2v) is 4.47. The van der Waals surface area contributed by atoms with Gasteiger partial charge in [-0.2, -0.15) is 11.8 Å². The standard InChI is InChI=1S/C11H21NOS/c1-3-7-12-10(9-14-2)11-6-4-5-8-13-11/h6,10,12H,3-5,7-9H2,1-2H3. The highest BCUT2D eigenvalue weighted by Gasteiger charge is 2.16. The van der Waals surface area contributed by atoms with Crippen LogP contribution in [0.4, 0.5) is 0 Å². The normalized spacial score (nSPS) is 18.6. The molecule has 0 bridgehead atoms. The van der Waals surface area contributed by atoms with Gasteiger partial charge in [-0.15, -0.1) is 0 Å². The first-order valence-electron chi connectivity index (χ1n) is 5.43. The number of ether oxygens (including phenoxy) is 1. The van der Waals surface area contributed by atoms with Gasteiger partial charge >= 0.3 is 0 Å². The molecule has 0 saturated carbocycles. The van der Waals surface area contributed by atoms with Crippen molar-refractivity contribution in [2.45, 2.75) is 32.2 Å². The highest BCUT2D eigenvalue weighted by Crippen LogP contribution is 2.16. The number of thioether (sulfide) groups is 1. The Morgan fingerprint density at radius 1 is 1.64 bits per heavy atom. The molecule has 1 heterocycles. The fourth-order valence-electron chi connectivity index (χ4n) is 1.55. The molecule has 0 spiro atoms. The lowest BCUT2D eigenvalue weighted by Crippen LogP contribution is -2.35. The Bertz CT molecular complexity index is 182. The average molecular weight is 215 g/mol. The van der Waals surface area contributed by atoms with Gasteiger partial charge in [0.15, 0.2) is 0 Å². The van der Waals surface area contributed by atoms with E-state index >= 15 is 0 Å². The van der Waals surface area contributed by atoms with E-state index in [-0.39, 0.29) is 0 Å². The minimum atomic E-state index is 0.422. The van der Waals surface area contributed by atoms with Crippen LogP contribution in [0.5, 0.6) is 0 Å². The van der Waals surface area contributed by atoms with Crippen molar-refractivity contribution in [1.82, 2.24) is 5.32 Å². The Morgan fingerprint density at radius 3 is 3.07 bits per heavy atom. The third-order valence-electron chi connectivity index (χ3n) is 2.28. The zero-order valence-corrected chi connectivity index (χ0v) is 10.0. The van der Waals surface area contributed by atoms with Crippen molar-refractivity contribution in [2.24, 2.45) is 0 Å². The van der Waals surface area contributed by atoms with Crippen molar-refractivity contribution in [3.63, 3.8) is 0 Å². The smallest absolute Gasteiger partial charge is 0.110 e. The molecule has 1 N–H and O–H groups in total. The van der Waals surface area contributed by atoms with Crippen LogP contribution in [0.2, 0.25) is 0 Å². The Kier molecular flexibility index (Phi) is 6.12. The van der Waals surface area contributed by atoms with Gasteiger partial charge in [0.2, 0.25) is 0 Å². The fourth-order valence-corrected chi connectivity index (χ4v) is 2.16. The second-order valence-electron chi connectivity index (χ2n) is 3.56. The maximum absolute atomic E-state index is 5.67. The maximum Gasteiger partial charge on any atom is 0.110 e. The quantitative estimate of drug-likeness (QED) is 0.735. The van der Waals surface area contributed by atoms with Crippen LogP contribution >= 0.6 is 11.8 Å². The fraction of sp³-hybridized carbons (Fsp3) is 0.818. The molecule has 0 saturated heterocycles. The first kappa shape index (κ1) is 11.9. The SMILES string of the molecule is CCCNC(CSC)C1=CCCCO1. The number of nitrogens with one attached hydrogen (secondary N) is 1. The Hall–Kier alpha value is -0.150. The average Bonchev–Trinajstić information content (AvgIpc) is 2.25. The molecule has 1 unspecified atom stereocenters. The number of rotatable bonds is 6. The van der Waals surface area contributed by atoms with Gasteiger partial charge in [-0.1, -0.05) is 6.92 Å². The van der Waals surface area contributed by atoms with Gasteiger partial charge < -0.3 is 10.1 Å². The van der Waals surface area contributed by atoms with Crippen molar-refractivity contribution >= 4 is 11.8 Å². The minimum Gasteiger partial charge on any atom is -0.497 e. The summed E-state index contributed by atoms with van der Waals surface area (Å²) in [6.45, 7) is 4.16. The summed E-state index contributed by atoms with van der Waals surface area (Å²) < 4.78 is 5.67. The highest BCUT2D eigenvalue weighted by molar-refractivity contribution is 7.98. The lowest BCUT2D eigenvalue weighted by molar-refractivity contribution is 0.172. The van der Waals surface area contributed by atoms with Crippen molar-refractivity contribution in [1.29, 1.82) is 0 Å². The monoisotopic (exact) mass is 215 g/mol. The van der Waals surface area contributed by atoms with Gasteiger partial charge in [0, 0.05) is 5.75 Å². The van der Waals surface area contributed by atoms with Crippen LogP contribution in [0.15, 0.2) is 11.8 Å². The highest BCUT2D eigenvalue weighted by atomic mass is 32.2. The van der Waals surface area contributed by atoms with Gasteiger partial charge in [-0.25, -0.2) is 0 Å². The summed E-state index contributed by atoms with van der Waals surface area (Å²) in [5.74, 6) is 2.27. The van der Waals surface area contributed by atoms with Crippen LogP contribution in [-0.2, 0) is 4.74 Å². The zero-order chi connectivity index (χ0) is 10.2. The van der Waals surface area contributed by atoms with Gasteiger partial charge in [0.05, 0.1) is 12.6 Å². The molecule has 82 valence electrons. The molecule has 2 nitrogen and oxygen atoms in total. The molecule has 0 aliphatic carbocycles. The topological polar surface area (TPSA) is 21.3 Å². The van der Waals surface area contributed by atoms with E-state index in [4.69, 9.17) is 4.74 Å². The second kappa shape index (κ2) is 7.18. The summed E-state index contributed by atoms with van der Waals surface area (Å²) in [7, 11) is 0. The van der Waals surface area contributed by atoms with E-state index < -0.39 is 0 Å². The molecule has 0 radical (unpaired) electrons. The van der Waals surface area contributed by atoms with E-state index in [1.165, 1.54) is 25.0 Å². The largest absolute Gasteiger partial charge is 0.497 e. The molecule has 1 aliphatic rings. The van der Waals surface area contributed by atoms with Crippen LogP contribution in [0, 0.1) is 0 Å². The molecule has 0 amide bonds. The van der Waals surface area contributed by atoms with Gasteiger partial charge in [-0.05, 0) is 38.1 Å². The van der Waals surface area contributed by atoms with Crippen molar-refractivity contribution in [3.05, 3.63) is 11.8 Å². The van der Waals surface area contributed by atoms with Gasteiger partial charge in [0.25, 0.3) is 0 Å². The summed E-state index contributed by atoms with van der Waals surface area (Å²) >= 11 is 1.87. The minimum absolute atomic E-state index is 0.422. The Balaban J connectivity index is 2.42. The predicted molar refractivity (Wildman–Crippen MR) is 63.7 cm³/mol. The van der Waals surface area contributed by atoms with Crippen molar-refractivity contribution < 1.29 is 4.74 Å².